The van der Waals surface area contributed by atoms with Gasteiger partial charge in [-0.1, -0.05) is 42.5 Å². The summed E-state index contributed by atoms with van der Waals surface area (Å²) in [4.78, 5) is 4.54. The van der Waals surface area contributed by atoms with Crippen LogP contribution in [-0.2, 0) is 0 Å². The lowest BCUT2D eigenvalue weighted by Crippen LogP contribution is -2.16. The Morgan fingerprint density at radius 3 is 2.00 bits per heavy atom. The van der Waals surface area contributed by atoms with E-state index in [1.807, 2.05) is 66.7 Å². The number of aromatic nitrogens is 1. The van der Waals surface area contributed by atoms with Crippen molar-refractivity contribution in [2.24, 2.45) is 5.73 Å². The standard InChI is InChI=1S/C24H21N5O/c25-17-10-6-16(7-11-17)23-22(26)21(24(27)28)20(14-29-23)15-8-12-19(13-9-15)30-18-4-2-1-3-5-18/h1-14H,25-26H2,(H3,27,28). The number of pyridine rings is 1. The van der Waals surface area contributed by atoms with Crippen molar-refractivity contribution >= 4 is 17.2 Å². The van der Waals surface area contributed by atoms with Gasteiger partial charge in [0.2, 0.25) is 0 Å². The number of benzene rings is 3. The summed E-state index contributed by atoms with van der Waals surface area (Å²) in [5, 5.41) is 8.08. The molecule has 4 rings (SSSR count). The minimum atomic E-state index is -0.119. The Morgan fingerprint density at radius 2 is 1.37 bits per heavy atom. The molecule has 4 aromatic rings. The van der Waals surface area contributed by atoms with Gasteiger partial charge < -0.3 is 21.9 Å². The summed E-state index contributed by atoms with van der Waals surface area (Å²) in [6, 6.07) is 24.3. The topological polar surface area (TPSA) is 124 Å². The van der Waals surface area contributed by atoms with E-state index in [9.17, 15) is 0 Å². The highest BCUT2D eigenvalue weighted by Gasteiger charge is 2.17. The molecule has 6 heteroatoms. The fraction of sp³-hybridized carbons (Fsp3) is 0. The smallest absolute Gasteiger partial charge is 0.127 e. The zero-order valence-electron chi connectivity index (χ0n) is 16.2. The molecule has 0 unspecified atom stereocenters. The predicted molar refractivity (Wildman–Crippen MR) is 121 cm³/mol. The van der Waals surface area contributed by atoms with Crippen LogP contribution in [0.15, 0.2) is 85.1 Å². The van der Waals surface area contributed by atoms with E-state index in [4.69, 9.17) is 27.3 Å². The number of hydrogen-bond acceptors (Lipinski definition) is 5. The maximum Gasteiger partial charge on any atom is 0.127 e. The van der Waals surface area contributed by atoms with E-state index < -0.39 is 0 Å². The predicted octanol–water partition coefficient (Wildman–Crippen LogP) is 4.66. The monoisotopic (exact) mass is 395 g/mol. The first-order valence-corrected chi connectivity index (χ1v) is 9.35. The lowest BCUT2D eigenvalue weighted by molar-refractivity contribution is 0.483. The molecule has 0 amide bonds. The van der Waals surface area contributed by atoms with Crippen molar-refractivity contribution in [1.29, 1.82) is 5.41 Å². The largest absolute Gasteiger partial charge is 0.457 e. The molecule has 0 saturated carbocycles. The maximum absolute atomic E-state index is 8.08. The van der Waals surface area contributed by atoms with E-state index in [0.717, 1.165) is 16.9 Å². The molecule has 0 spiro atoms. The number of amidine groups is 1. The van der Waals surface area contributed by atoms with Crippen LogP contribution in [0.5, 0.6) is 11.5 Å². The second-order valence-corrected chi connectivity index (χ2v) is 6.78. The molecule has 0 atom stereocenters. The van der Waals surface area contributed by atoms with Gasteiger partial charge in [0.25, 0.3) is 0 Å². The molecule has 0 radical (unpaired) electrons. The zero-order chi connectivity index (χ0) is 21.1. The molecule has 148 valence electrons. The van der Waals surface area contributed by atoms with Crippen molar-refractivity contribution in [3.63, 3.8) is 0 Å². The quantitative estimate of drug-likeness (QED) is 0.222. The molecule has 0 saturated heterocycles. The third kappa shape index (κ3) is 3.79. The highest BCUT2D eigenvalue weighted by molar-refractivity contribution is 6.08. The fourth-order valence-electron chi connectivity index (χ4n) is 3.23. The summed E-state index contributed by atoms with van der Waals surface area (Å²) in [6.45, 7) is 0. The first kappa shape index (κ1) is 19.0. The lowest BCUT2D eigenvalue weighted by atomic mass is 9.96. The van der Waals surface area contributed by atoms with E-state index in [-0.39, 0.29) is 5.84 Å². The third-order valence-corrected chi connectivity index (χ3v) is 4.71. The van der Waals surface area contributed by atoms with E-state index in [0.29, 0.717) is 33.9 Å². The van der Waals surface area contributed by atoms with Gasteiger partial charge in [-0.15, -0.1) is 0 Å². The number of nitrogens with zero attached hydrogens (tertiary/aromatic N) is 1. The first-order valence-electron chi connectivity index (χ1n) is 9.35. The lowest BCUT2D eigenvalue weighted by Gasteiger charge is -2.15. The Balaban J connectivity index is 1.71. The summed E-state index contributed by atoms with van der Waals surface area (Å²) in [5.41, 5.74) is 22.4. The first-order chi connectivity index (χ1) is 14.5. The minimum Gasteiger partial charge on any atom is -0.457 e. The van der Waals surface area contributed by atoms with Crippen molar-refractivity contribution in [3.05, 3.63) is 90.6 Å². The van der Waals surface area contributed by atoms with Gasteiger partial charge >= 0.3 is 0 Å². The van der Waals surface area contributed by atoms with Crippen LogP contribution >= 0.6 is 0 Å². The second kappa shape index (κ2) is 7.97. The Morgan fingerprint density at radius 1 is 0.767 bits per heavy atom. The van der Waals surface area contributed by atoms with Gasteiger partial charge in [-0.25, -0.2) is 0 Å². The van der Waals surface area contributed by atoms with Crippen LogP contribution in [0.2, 0.25) is 0 Å². The van der Waals surface area contributed by atoms with Crippen molar-refractivity contribution in [1.82, 2.24) is 4.98 Å². The summed E-state index contributed by atoms with van der Waals surface area (Å²) < 4.78 is 5.84. The van der Waals surface area contributed by atoms with Gasteiger partial charge in [0.05, 0.1) is 16.9 Å². The Labute approximate surface area is 174 Å². The molecular weight excluding hydrogens is 374 g/mol. The molecule has 0 aliphatic heterocycles. The zero-order valence-corrected chi connectivity index (χ0v) is 16.2. The highest BCUT2D eigenvalue weighted by atomic mass is 16.5. The number of rotatable bonds is 5. The Hall–Kier alpha value is -4.32. The second-order valence-electron chi connectivity index (χ2n) is 6.78. The number of para-hydroxylation sites is 1. The summed E-state index contributed by atoms with van der Waals surface area (Å²) >= 11 is 0. The Bertz CT molecular complexity index is 1190. The van der Waals surface area contributed by atoms with Crippen LogP contribution in [-0.4, -0.2) is 10.8 Å². The molecule has 1 aromatic heterocycles. The molecule has 7 N–H and O–H groups in total. The normalized spacial score (nSPS) is 10.5. The molecule has 0 bridgehead atoms. The van der Waals surface area contributed by atoms with Gasteiger partial charge in [0, 0.05) is 23.0 Å². The number of nitrogens with one attached hydrogen (secondary N) is 1. The molecular formula is C24H21N5O. The molecule has 0 fully saturated rings. The maximum atomic E-state index is 8.08. The van der Waals surface area contributed by atoms with Crippen LogP contribution in [0.1, 0.15) is 5.56 Å². The molecule has 3 aromatic carbocycles. The van der Waals surface area contributed by atoms with Crippen LogP contribution < -0.4 is 21.9 Å². The third-order valence-electron chi connectivity index (χ3n) is 4.71. The summed E-state index contributed by atoms with van der Waals surface area (Å²) in [6.07, 6.45) is 1.69. The molecule has 0 aliphatic carbocycles. The van der Waals surface area contributed by atoms with E-state index in [1.54, 1.807) is 18.3 Å². The molecule has 1 heterocycles. The number of nitrogen functional groups attached to an aromatic ring is 3. The average Bonchev–Trinajstić information content (AvgIpc) is 2.75. The van der Waals surface area contributed by atoms with Crippen LogP contribution in [0.25, 0.3) is 22.4 Å². The number of ether oxygens (including phenoxy) is 1. The summed E-state index contributed by atoms with van der Waals surface area (Å²) in [5.74, 6) is 1.34. The summed E-state index contributed by atoms with van der Waals surface area (Å²) in [7, 11) is 0. The van der Waals surface area contributed by atoms with Crippen molar-refractivity contribution < 1.29 is 4.74 Å². The molecule has 30 heavy (non-hydrogen) atoms. The van der Waals surface area contributed by atoms with Crippen molar-refractivity contribution in [2.45, 2.75) is 0 Å². The minimum absolute atomic E-state index is 0.119. The van der Waals surface area contributed by atoms with E-state index >= 15 is 0 Å². The average molecular weight is 395 g/mol. The SMILES string of the molecule is N=C(N)c1c(-c2ccc(Oc3ccccc3)cc2)cnc(-c2ccc(N)cc2)c1N. The Kier molecular flexibility index (Phi) is 5.05. The van der Waals surface area contributed by atoms with E-state index in [1.165, 1.54) is 0 Å². The van der Waals surface area contributed by atoms with Crippen LogP contribution in [0, 0.1) is 5.41 Å². The van der Waals surface area contributed by atoms with Crippen LogP contribution in [0.3, 0.4) is 0 Å². The molecule has 0 aliphatic rings. The van der Waals surface area contributed by atoms with Crippen LogP contribution in [0.4, 0.5) is 11.4 Å². The van der Waals surface area contributed by atoms with Crippen molar-refractivity contribution in [2.75, 3.05) is 11.5 Å². The number of hydrogen-bond donors (Lipinski definition) is 4. The highest BCUT2D eigenvalue weighted by Crippen LogP contribution is 2.34. The number of nitrogens with two attached hydrogens (primary N) is 3. The van der Waals surface area contributed by atoms with Gasteiger partial charge in [0.15, 0.2) is 0 Å². The number of anilines is 2. The fourth-order valence-corrected chi connectivity index (χ4v) is 3.23. The van der Waals surface area contributed by atoms with Gasteiger partial charge in [0.1, 0.15) is 17.3 Å². The van der Waals surface area contributed by atoms with E-state index in [2.05, 4.69) is 4.98 Å². The van der Waals surface area contributed by atoms with Gasteiger partial charge in [-0.05, 0) is 42.0 Å². The van der Waals surface area contributed by atoms with Crippen molar-refractivity contribution in [3.8, 4) is 33.9 Å². The van der Waals surface area contributed by atoms with Gasteiger partial charge in [-0.2, -0.15) is 0 Å². The molecule has 6 nitrogen and oxygen atoms in total. The van der Waals surface area contributed by atoms with Gasteiger partial charge in [-0.3, -0.25) is 10.4 Å².